The Labute approximate surface area is 108 Å². The Balaban J connectivity index is 2.16. The fourth-order valence-electron chi connectivity index (χ4n) is 2.58. The number of rotatable bonds is 5. The highest BCUT2D eigenvalue weighted by Crippen LogP contribution is 2.25. The molecule has 100 valence electrons. The molecule has 1 fully saturated rings. The van der Waals surface area contributed by atoms with Crippen LogP contribution < -0.4 is 10.6 Å². The average molecular weight is 250 g/mol. The second kappa shape index (κ2) is 6.66. The maximum Gasteiger partial charge on any atom is 0.225 e. The van der Waals surface area contributed by atoms with Gasteiger partial charge < -0.3 is 15.7 Å². The van der Waals surface area contributed by atoms with Gasteiger partial charge in [0.05, 0.1) is 12.3 Å². The molecule has 18 heavy (non-hydrogen) atoms. The Morgan fingerprint density at radius 1 is 1.33 bits per heavy atom. The van der Waals surface area contributed by atoms with E-state index in [1.807, 2.05) is 6.07 Å². The van der Waals surface area contributed by atoms with E-state index in [1.165, 1.54) is 19.3 Å². The van der Waals surface area contributed by atoms with Gasteiger partial charge in [0.2, 0.25) is 5.95 Å². The van der Waals surface area contributed by atoms with Crippen molar-refractivity contribution in [3.8, 4) is 0 Å². The Morgan fingerprint density at radius 2 is 2.11 bits per heavy atom. The first-order valence-corrected chi connectivity index (χ1v) is 6.74. The first kappa shape index (κ1) is 13.2. The SMILES string of the molecule is NCc1ccnc(N(CCO)C2CCCCC2)n1. The third-order valence-electron chi connectivity index (χ3n) is 3.52. The van der Waals surface area contributed by atoms with Crippen LogP contribution in [0.25, 0.3) is 0 Å². The van der Waals surface area contributed by atoms with Crippen LogP contribution in [0.15, 0.2) is 12.3 Å². The number of anilines is 1. The van der Waals surface area contributed by atoms with E-state index in [0.29, 0.717) is 25.1 Å². The van der Waals surface area contributed by atoms with E-state index in [4.69, 9.17) is 5.73 Å². The molecule has 0 saturated heterocycles. The van der Waals surface area contributed by atoms with Crippen LogP contribution in [0, 0.1) is 0 Å². The van der Waals surface area contributed by atoms with Gasteiger partial charge in [0, 0.05) is 25.3 Å². The lowest BCUT2D eigenvalue weighted by Gasteiger charge is -2.34. The zero-order chi connectivity index (χ0) is 12.8. The molecular formula is C13H22N4O. The molecule has 0 aliphatic heterocycles. The normalized spacial score (nSPS) is 16.8. The Morgan fingerprint density at radius 3 is 2.78 bits per heavy atom. The number of hydrogen-bond donors (Lipinski definition) is 2. The maximum absolute atomic E-state index is 9.23. The zero-order valence-electron chi connectivity index (χ0n) is 10.8. The van der Waals surface area contributed by atoms with Crippen molar-refractivity contribution in [3.05, 3.63) is 18.0 Å². The molecule has 2 rings (SSSR count). The van der Waals surface area contributed by atoms with Crippen molar-refractivity contribution in [2.45, 2.75) is 44.7 Å². The van der Waals surface area contributed by atoms with Gasteiger partial charge in [-0.2, -0.15) is 0 Å². The monoisotopic (exact) mass is 250 g/mol. The number of aromatic nitrogens is 2. The molecular weight excluding hydrogens is 228 g/mol. The molecule has 0 amide bonds. The molecule has 1 aromatic rings. The van der Waals surface area contributed by atoms with Crippen LogP contribution >= 0.6 is 0 Å². The molecule has 0 spiro atoms. The van der Waals surface area contributed by atoms with Crippen LogP contribution in [0.5, 0.6) is 0 Å². The lowest BCUT2D eigenvalue weighted by atomic mass is 9.94. The van der Waals surface area contributed by atoms with Gasteiger partial charge in [0.1, 0.15) is 0 Å². The number of aliphatic hydroxyl groups excluding tert-OH is 1. The molecule has 0 unspecified atom stereocenters. The predicted molar refractivity (Wildman–Crippen MR) is 71.2 cm³/mol. The Bertz CT molecular complexity index is 366. The van der Waals surface area contributed by atoms with E-state index in [-0.39, 0.29) is 6.61 Å². The Hall–Kier alpha value is -1.20. The lowest BCUT2D eigenvalue weighted by Crippen LogP contribution is -2.40. The van der Waals surface area contributed by atoms with Crippen molar-refractivity contribution in [1.29, 1.82) is 0 Å². The van der Waals surface area contributed by atoms with Crippen LogP contribution in [0.4, 0.5) is 5.95 Å². The number of aliphatic hydroxyl groups is 1. The van der Waals surface area contributed by atoms with E-state index in [2.05, 4.69) is 14.9 Å². The van der Waals surface area contributed by atoms with E-state index < -0.39 is 0 Å². The summed E-state index contributed by atoms with van der Waals surface area (Å²) < 4.78 is 0. The summed E-state index contributed by atoms with van der Waals surface area (Å²) in [5, 5.41) is 9.23. The molecule has 1 aliphatic carbocycles. The van der Waals surface area contributed by atoms with E-state index in [9.17, 15) is 5.11 Å². The van der Waals surface area contributed by atoms with Crippen molar-refractivity contribution in [2.24, 2.45) is 5.73 Å². The molecule has 1 heterocycles. The molecule has 5 heteroatoms. The lowest BCUT2D eigenvalue weighted by molar-refractivity contribution is 0.288. The molecule has 0 atom stereocenters. The standard InChI is InChI=1S/C13H22N4O/c14-10-11-6-7-15-13(16-11)17(8-9-18)12-4-2-1-3-5-12/h6-7,12,18H,1-5,8-10,14H2. The van der Waals surface area contributed by atoms with Crippen molar-refractivity contribution in [3.63, 3.8) is 0 Å². The van der Waals surface area contributed by atoms with E-state index in [0.717, 1.165) is 18.5 Å². The fraction of sp³-hybridized carbons (Fsp3) is 0.692. The first-order valence-electron chi connectivity index (χ1n) is 6.74. The van der Waals surface area contributed by atoms with Gasteiger partial charge in [-0.1, -0.05) is 19.3 Å². The summed E-state index contributed by atoms with van der Waals surface area (Å²) >= 11 is 0. The Kier molecular flexibility index (Phi) is 4.90. The van der Waals surface area contributed by atoms with Gasteiger partial charge in [0.15, 0.2) is 0 Å². The molecule has 3 N–H and O–H groups in total. The average Bonchev–Trinajstić information content (AvgIpc) is 2.46. The summed E-state index contributed by atoms with van der Waals surface area (Å²) in [7, 11) is 0. The number of nitrogens with two attached hydrogens (primary N) is 1. The van der Waals surface area contributed by atoms with E-state index in [1.54, 1.807) is 6.20 Å². The van der Waals surface area contributed by atoms with Crippen molar-refractivity contribution in [2.75, 3.05) is 18.1 Å². The minimum Gasteiger partial charge on any atom is -0.395 e. The van der Waals surface area contributed by atoms with Crippen LogP contribution in [-0.4, -0.2) is 34.3 Å². The number of nitrogens with zero attached hydrogens (tertiary/aromatic N) is 3. The first-order chi connectivity index (χ1) is 8.85. The van der Waals surface area contributed by atoms with Crippen LogP contribution in [0.3, 0.4) is 0 Å². The van der Waals surface area contributed by atoms with Crippen LogP contribution in [0.1, 0.15) is 37.8 Å². The largest absolute Gasteiger partial charge is 0.395 e. The number of hydrogen-bond acceptors (Lipinski definition) is 5. The minimum atomic E-state index is 0.132. The smallest absolute Gasteiger partial charge is 0.225 e. The predicted octanol–water partition coefficient (Wildman–Crippen LogP) is 1.07. The highest BCUT2D eigenvalue weighted by Gasteiger charge is 2.22. The molecule has 5 nitrogen and oxygen atoms in total. The molecule has 1 aliphatic rings. The zero-order valence-corrected chi connectivity index (χ0v) is 10.8. The van der Waals surface area contributed by atoms with Crippen molar-refractivity contribution in [1.82, 2.24) is 9.97 Å². The fourth-order valence-corrected chi connectivity index (χ4v) is 2.58. The van der Waals surface area contributed by atoms with Crippen molar-refractivity contribution >= 4 is 5.95 Å². The van der Waals surface area contributed by atoms with Gasteiger partial charge in [-0.25, -0.2) is 9.97 Å². The molecule has 0 bridgehead atoms. The second-order valence-electron chi connectivity index (χ2n) is 4.76. The van der Waals surface area contributed by atoms with Gasteiger partial charge in [-0.3, -0.25) is 0 Å². The quantitative estimate of drug-likeness (QED) is 0.817. The van der Waals surface area contributed by atoms with Gasteiger partial charge in [0.25, 0.3) is 0 Å². The summed E-state index contributed by atoms with van der Waals surface area (Å²) in [6.45, 7) is 1.15. The summed E-state index contributed by atoms with van der Waals surface area (Å²) in [6.07, 6.45) is 7.89. The highest BCUT2D eigenvalue weighted by molar-refractivity contribution is 5.32. The van der Waals surface area contributed by atoms with Gasteiger partial charge in [-0.05, 0) is 18.9 Å². The summed E-state index contributed by atoms with van der Waals surface area (Å²) in [5.41, 5.74) is 6.46. The van der Waals surface area contributed by atoms with Crippen molar-refractivity contribution < 1.29 is 5.11 Å². The summed E-state index contributed by atoms with van der Waals surface area (Å²) in [4.78, 5) is 10.9. The molecule has 0 aromatic carbocycles. The highest BCUT2D eigenvalue weighted by atomic mass is 16.3. The topological polar surface area (TPSA) is 75.3 Å². The molecule has 1 aromatic heterocycles. The third-order valence-corrected chi connectivity index (χ3v) is 3.52. The van der Waals surface area contributed by atoms with E-state index >= 15 is 0 Å². The van der Waals surface area contributed by atoms with Gasteiger partial charge >= 0.3 is 0 Å². The molecule has 0 radical (unpaired) electrons. The van der Waals surface area contributed by atoms with Gasteiger partial charge in [-0.15, -0.1) is 0 Å². The summed E-state index contributed by atoms with van der Waals surface area (Å²) in [5.74, 6) is 0.707. The summed E-state index contributed by atoms with van der Waals surface area (Å²) in [6, 6.07) is 2.29. The second-order valence-corrected chi connectivity index (χ2v) is 4.76. The van der Waals surface area contributed by atoms with Crippen LogP contribution in [-0.2, 0) is 6.54 Å². The molecule has 1 saturated carbocycles. The maximum atomic E-state index is 9.23. The third kappa shape index (κ3) is 3.17. The van der Waals surface area contributed by atoms with Crippen LogP contribution in [0.2, 0.25) is 0 Å². The minimum absolute atomic E-state index is 0.132.